The Morgan fingerprint density at radius 2 is 2.06 bits per heavy atom. The Balaban J connectivity index is 2.28. The van der Waals surface area contributed by atoms with Gasteiger partial charge in [-0.1, -0.05) is 28.1 Å². The van der Waals surface area contributed by atoms with Gasteiger partial charge >= 0.3 is 0 Å². The zero-order valence-electron chi connectivity index (χ0n) is 10.0. The summed E-state index contributed by atoms with van der Waals surface area (Å²) in [6.07, 6.45) is 2.33. The van der Waals surface area contributed by atoms with Crippen molar-refractivity contribution in [2.24, 2.45) is 0 Å². The second-order valence-electron chi connectivity index (χ2n) is 3.95. The van der Waals surface area contributed by atoms with Crippen LogP contribution >= 0.6 is 15.9 Å². The van der Waals surface area contributed by atoms with Crippen LogP contribution in [-0.4, -0.2) is 23.6 Å². The van der Waals surface area contributed by atoms with Gasteiger partial charge in [0.05, 0.1) is 0 Å². The molecule has 0 fully saturated rings. The van der Waals surface area contributed by atoms with E-state index in [9.17, 15) is 4.79 Å². The summed E-state index contributed by atoms with van der Waals surface area (Å²) in [6.45, 7) is 0.766. The average molecular weight is 308 g/mol. The van der Waals surface area contributed by atoms with Crippen molar-refractivity contribution in [2.45, 2.75) is 6.42 Å². The van der Waals surface area contributed by atoms with Crippen LogP contribution < -0.4 is 10.9 Å². The molecule has 5 heteroatoms. The molecule has 0 amide bonds. The number of likely N-dealkylation sites (N-methyl/N-ethyl adjacent to an activating group) is 1. The van der Waals surface area contributed by atoms with E-state index in [0.717, 1.165) is 16.6 Å². The first-order valence-corrected chi connectivity index (χ1v) is 6.49. The monoisotopic (exact) mass is 307 g/mol. The minimum Gasteiger partial charge on any atom is -0.319 e. The lowest BCUT2D eigenvalue weighted by molar-refractivity contribution is 0.781. The van der Waals surface area contributed by atoms with Crippen LogP contribution in [0.5, 0.6) is 0 Å². The van der Waals surface area contributed by atoms with Crippen LogP contribution in [0.1, 0.15) is 5.56 Å². The van der Waals surface area contributed by atoms with Crippen molar-refractivity contribution in [3.05, 3.63) is 50.9 Å². The molecule has 0 saturated carbocycles. The van der Waals surface area contributed by atoms with E-state index >= 15 is 0 Å². The summed E-state index contributed by atoms with van der Waals surface area (Å²) in [7, 11) is 1.86. The molecule has 1 heterocycles. The first-order chi connectivity index (χ1) is 8.70. The SMILES string of the molecule is CNCCc1cnc(-c2ccc(Br)cc2)[nH]c1=O. The number of halogens is 1. The highest BCUT2D eigenvalue weighted by Crippen LogP contribution is 2.17. The molecule has 0 aliphatic heterocycles. The molecule has 0 spiro atoms. The number of rotatable bonds is 4. The number of nitrogens with one attached hydrogen (secondary N) is 2. The van der Waals surface area contributed by atoms with Gasteiger partial charge in [-0.25, -0.2) is 4.98 Å². The summed E-state index contributed by atoms with van der Waals surface area (Å²) in [5.41, 5.74) is 1.53. The van der Waals surface area contributed by atoms with Gasteiger partial charge in [0.15, 0.2) is 0 Å². The van der Waals surface area contributed by atoms with Gasteiger partial charge in [-0.05, 0) is 32.1 Å². The fraction of sp³-hybridized carbons (Fsp3) is 0.231. The Labute approximate surface area is 114 Å². The fourth-order valence-electron chi connectivity index (χ4n) is 1.61. The summed E-state index contributed by atoms with van der Waals surface area (Å²) in [5, 5.41) is 3.01. The standard InChI is InChI=1S/C13H14BrN3O/c1-15-7-6-10-8-16-12(17-13(10)18)9-2-4-11(14)5-3-9/h2-5,8,15H,6-7H2,1H3,(H,16,17,18). The molecule has 4 nitrogen and oxygen atoms in total. The van der Waals surface area contributed by atoms with Crippen molar-refractivity contribution in [3.8, 4) is 11.4 Å². The van der Waals surface area contributed by atoms with Gasteiger partial charge < -0.3 is 10.3 Å². The van der Waals surface area contributed by atoms with Gasteiger partial charge in [0.25, 0.3) is 5.56 Å². The number of nitrogens with zero attached hydrogens (tertiary/aromatic N) is 1. The molecular formula is C13H14BrN3O. The normalized spacial score (nSPS) is 10.6. The largest absolute Gasteiger partial charge is 0.319 e. The van der Waals surface area contributed by atoms with Crippen LogP contribution in [0, 0.1) is 0 Å². The molecule has 0 aliphatic carbocycles. The number of hydrogen-bond acceptors (Lipinski definition) is 3. The third-order valence-corrected chi connectivity index (χ3v) is 3.16. The van der Waals surface area contributed by atoms with Gasteiger partial charge in [-0.15, -0.1) is 0 Å². The van der Waals surface area contributed by atoms with Gasteiger partial charge in [0, 0.05) is 21.8 Å². The topological polar surface area (TPSA) is 57.8 Å². The zero-order valence-corrected chi connectivity index (χ0v) is 11.6. The first-order valence-electron chi connectivity index (χ1n) is 5.69. The Kier molecular flexibility index (Phi) is 4.28. The summed E-state index contributed by atoms with van der Waals surface area (Å²) in [4.78, 5) is 19.0. The van der Waals surface area contributed by atoms with Crippen molar-refractivity contribution < 1.29 is 0 Å². The van der Waals surface area contributed by atoms with Gasteiger partial charge in [-0.3, -0.25) is 4.79 Å². The van der Waals surface area contributed by atoms with E-state index in [1.807, 2.05) is 31.3 Å². The average Bonchev–Trinajstić information content (AvgIpc) is 2.38. The van der Waals surface area contributed by atoms with Crippen LogP contribution in [0.2, 0.25) is 0 Å². The maximum absolute atomic E-state index is 11.9. The smallest absolute Gasteiger partial charge is 0.254 e. The Morgan fingerprint density at radius 1 is 1.33 bits per heavy atom. The minimum absolute atomic E-state index is 0.0711. The molecule has 0 saturated heterocycles. The molecule has 2 rings (SSSR count). The molecule has 0 atom stereocenters. The van der Waals surface area contributed by atoms with Crippen LogP contribution in [0.25, 0.3) is 11.4 Å². The molecule has 0 radical (unpaired) electrons. The molecule has 2 aromatic rings. The van der Waals surface area contributed by atoms with Crippen LogP contribution in [0.4, 0.5) is 0 Å². The van der Waals surface area contributed by atoms with Crippen molar-refractivity contribution in [3.63, 3.8) is 0 Å². The lowest BCUT2D eigenvalue weighted by atomic mass is 10.2. The zero-order chi connectivity index (χ0) is 13.0. The molecule has 18 heavy (non-hydrogen) atoms. The number of H-pyrrole nitrogens is 1. The van der Waals surface area contributed by atoms with E-state index in [2.05, 4.69) is 31.2 Å². The molecule has 0 bridgehead atoms. The highest BCUT2D eigenvalue weighted by atomic mass is 79.9. The van der Waals surface area contributed by atoms with E-state index in [1.165, 1.54) is 0 Å². The van der Waals surface area contributed by atoms with Crippen LogP contribution in [-0.2, 0) is 6.42 Å². The first kappa shape index (κ1) is 13.0. The minimum atomic E-state index is -0.0711. The highest BCUT2D eigenvalue weighted by Gasteiger charge is 2.04. The Morgan fingerprint density at radius 3 is 2.67 bits per heavy atom. The molecule has 2 N–H and O–H groups in total. The van der Waals surface area contributed by atoms with E-state index in [1.54, 1.807) is 6.20 Å². The summed E-state index contributed by atoms with van der Waals surface area (Å²) < 4.78 is 0.999. The molecule has 1 aromatic carbocycles. The molecule has 1 aromatic heterocycles. The second kappa shape index (κ2) is 5.93. The lowest BCUT2D eigenvalue weighted by Gasteiger charge is -2.03. The van der Waals surface area contributed by atoms with Gasteiger partial charge in [-0.2, -0.15) is 0 Å². The van der Waals surface area contributed by atoms with E-state index < -0.39 is 0 Å². The van der Waals surface area contributed by atoms with Crippen molar-refractivity contribution in [2.75, 3.05) is 13.6 Å². The molecule has 94 valence electrons. The van der Waals surface area contributed by atoms with Gasteiger partial charge in [0.2, 0.25) is 0 Å². The third kappa shape index (κ3) is 3.05. The third-order valence-electron chi connectivity index (χ3n) is 2.64. The van der Waals surface area contributed by atoms with E-state index in [4.69, 9.17) is 0 Å². The molecular weight excluding hydrogens is 294 g/mol. The maximum atomic E-state index is 11.9. The summed E-state index contributed by atoms with van der Waals surface area (Å²) >= 11 is 3.37. The predicted octanol–water partition coefficient (Wildman–Crippen LogP) is 1.96. The van der Waals surface area contributed by atoms with Crippen molar-refractivity contribution >= 4 is 15.9 Å². The van der Waals surface area contributed by atoms with Crippen molar-refractivity contribution in [1.82, 2.24) is 15.3 Å². The molecule has 0 aliphatic rings. The quantitative estimate of drug-likeness (QED) is 0.908. The molecule has 0 unspecified atom stereocenters. The maximum Gasteiger partial charge on any atom is 0.254 e. The lowest BCUT2D eigenvalue weighted by Crippen LogP contribution is -2.19. The van der Waals surface area contributed by atoms with Crippen molar-refractivity contribution in [1.29, 1.82) is 0 Å². The predicted molar refractivity (Wildman–Crippen MR) is 75.6 cm³/mol. The summed E-state index contributed by atoms with van der Waals surface area (Å²) in [5.74, 6) is 0.598. The number of aromatic nitrogens is 2. The number of benzene rings is 1. The van der Waals surface area contributed by atoms with Crippen LogP contribution in [0.3, 0.4) is 0 Å². The fourth-order valence-corrected chi connectivity index (χ4v) is 1.88. The summed E-state index contributed by atoms with van der Waals surface area (Å²) in [6, 6.07) is 7.67. The Bertz CT molecular complexity index is 578. The highest BCUT2D eigenvalue weighted by molar-refractivity contribution is 9.10. The van der Waals surface area contributed by atoms with E-state index in [0.29, 0.717) is 17.8 Å². The van der Waals surface area contributed by atoms with E-state index in [-0.39, 0.29) is 5.56 Å². The second-order valence-corrected chi connectivity index (χ2v) is 4.86. The number of aromatic amines is 1. The Hall–Kier alpha value is -1.46. The number of hydrogen-bond donors (Lipinski definition) is 2. The van der Waals surface area contributed by atoms with Gasteiger partial charge in [0.1, 0.15) is 5.82 Å². The van der Waals surface area contributed by atoms with Crippen LogP contribution in [0.15, 0.2) is 39.7 Å².